The Bertz CT molecular complexity index is 1220. The van der Waals surface area contributed by atoms with E-state index in [1.54, 1.807) is 59.3 Å². The number of rotatable bonds is 4. The molecule has 0 aliphatic carbocycles. The number of nitrogens with zero attached hydrogens (tertiary/aromatic N) is 3. The zero-order valence-electron chi connectivity index (χ0n) is 15.3. The molecule has 0 amide bonds. The SMILES string of the molecule is Cc1ccc(Cl)cc1-n1c(-c2ccccn2)nc(C(=O)O)c1-c1cccc(Cl)c1. The van der Waals surface area contributed by atoms with Crippen LogP contribution in [0.4, 0.5) is 0 Å². The first-order chi connectivity index (χ1) is 14.0. The van der Waals surface area contributed by atoms with Crippen LogP contribution in [0, 0.1) is 6.92 Å². The minimum Gasteiger partial charge on any atom is -0.476 e. The quantitative estimate of drug-likeness (QED) is 0.442. The lowest BCUT2D eigenvalue weighted by atomic mass is 10.1. The summed E-state index contributed by atoms with van der Waals surface area (Å²) in [5.41, 5.74) is 3.11. The molecule has 7 heteroatoms. The maximum Gasteiger partial charge on any atom is 0.356 e. The van der Waals surface area contributed by atoms with Crippen molar-refractivity contribution < 1.29 is 9.90 Å². The van der Waals surface area contributed by atoms with Crippen molar-refractivity contribution in [1.29, 1.82) is 0 Å². The Morgan fingerprint density at radius 2 is 1.79 bits per heavy atom. The average molecular weight is 424 g/mol. The third kappa shape index (κ3) is 3.62. The van der Waals surface area contributed by atoms with Crippen LogP contribution in [-0.2, 0) is 0 Å². The Balaban J connectivity index is 2.15. The van der Waals surface area contributed by atoms with Gasteiger partial charge in [0.05, 0.1) is 11.4 Å². The van der Waals surface area contributed by atoms with Gasteiger partial charge < -0.3 is 5.11 Å². The highest BCUT2D eigenvalue weighted by Crippen LogP contribution is 2.35. The average Bonchev–Trinajstić information content (AvgIpc) is 3.11. The van der Waals surface area contributed by atoms with Crippen molar-refractivity contribution in [3.8, 4) is 28.5 Å². The molecule has 0 saturated heterocycles. The first-order valence-electron chi connectivity index (χ1n) is 8.75. The van der Waals surface area contributed by atoms with Gasteiger partial charge in [-0.3, -0.25) is 9.55 Å². The van der Waals surface area contributed by atoms with E-state index in [0.717, 1.165) is 5.56 Å². The fraction of sp³-hybridized carbons (Fsp3) is 0.0455. The van der Waals surface area contributed by atoms with Crippen molar-refractivity contribution in [2.24, 2.45) is 0 Å². The second-order valence-electron chi connectivity index (χ2n) is 6.43. The highest BCUT2D eigenvalue weighted by atomic mass is 35.5. The third-order valence-electron chi connectivity index (χ3n) is 4.48. The number of hydrogen-bond donors (Lipinski definition) is 1. The molecule has 0 atom stereocenters. The van der Waals surface area contributed by atoms with Gasteiger partial charge in [0.25, 0.3) is 0 Å². The molecule has 0 aliphatic rings. The maximum atomic E-state index is 12.1. The highest BCUT2D eigenvalue weighted by molar-refractivity contribution is 6.31. The van der Waals surface area contributed by atoms with Crippen LogP contribution in [0.3, 0.4) is 0 Å². The molecular formula is C22H15Cl2N3O2. The van der Waals surface area contributed by atoms with E-state index in [1.807, 2.05) is 19.1 Å². The van der Waals surface area contributed by atoms with E-state index in [2.05, 4.69) is 9.97 Å². The molecule has 0 unspecified atom stereocenters. The predicted octanol–water partition coefficient (Wildman–Crippen LogP) is 5.91. The van der Waals surface area contributed by atoms with E-state index in [0.29, 0.717) is 38.5 Å². The van der Waals surface area contributed by atoms with E-state index in [-0.39, 0.29) is 5.69 Å². The second-order valence-corrected chi connectivity index (χ2v) is 7.30. The number of halogens is 2. The molecule has 0 bridgehead atoms. The van der Waals surface area contributed by atoms with Crippen LogP contribution in [0.5, 0.6) is 0 Å². The van der Waals surface area contributed by atoms with Gasteiger partial charge in [0.15, 0.2) is 11.5 Å². The number of aryl methyl sites for hydroxylation is 1. The summed E-state index contributed by atoms with van der Waals surface area (Å²) in [7, 11) is 0. The standard InChI is InChI=1S/C22H15Cl2N3O2/c1-13-8-9-16(24)12-18(13)27-20(14-5-4-6-15(23)11-14)19(22(28)29)26-21(27)17-7-2-3-10-25-17/h2-12H,1H3,(H,28,29). The van der Waals surface area contributed by atoms with Gasteiger partial charge in [0.1, 0.15) is 5.69 Å². The zero-order chi connectivity index (χ0) is 20.5. The molecule has 4 aromatic rings. The zero-order valence-corrected chi connectivity index (χ0v) is 16.8. The van der Waals surface area contributed by atoms with E-state index in [4.69, 9.17) is 23.2 Å². The first kappa shape index (κ1) is 19.2. The van der Waals surface area contributed by atoms with E-state index < -0.39 is 5.97 Å². The van der Waals surface area contributed by atoms with Crippen LogP contribution < -0.4 is 0 Å². The molecule has 2 heterocycles. The van der Waals surface area contributed by atoms with Crippen molar-refractivity contribution in [3.05, 3.63) is 88.2 Å². The number of imidazole rings is 1. The largest absolute Gasteiger partial charge is 0.476 e. The fourth-order valence-corrected chi connectivity index (χ4v) is 3.55. The van der Waals surface area contributed by atoms with Crippen LogP contribution in [0.25, 0.3) is 28.5 Å². The normalized spacial score (nSPS) is 10.9. The summed E-state index contributed by atoms with van der Waals surface area (Å²) in [5.74, 6) is -0.737. The summed E-state index contributed by atoms with van der Waals surface area (Å²) in [6.45, 7) is 1.93. The van der Waals surface area contributed by atoms with Crippen molar-refractivity contribution in [3.63, 3.8) is 0 Å². The molecule has 144 valence electrons. The highest BCUT2D eigenvalue weighted by Gasteiger charge is 2.26. The monoisotopic (exact) mass is 423 g/mol. The Labute approximate surface area is 177 Å². The lowest BCUT2D eigenvalue weighted by Gasteiger charge is -2.15. The number of benzene rings is 2. The molecule has 4 rings (SSSR count). The van der Waals surface area contributed by atoms with Crippen molar-refractivity contribution in [1.82, 2.24) is 14.5 Å². The molecule has 5 nitrogen and oxygen atoms in total. The molecule has 0 spiro atoms. The number of pyridine rings is 1. The van der Waals surface area contributed by atoms with Gasteiger partial charge in [-0.2, -0.15) is 0 Å². The van der Waals surface area contributed by atoms with Gasteiger partial charge in [-0.1, -0.05) is 47.5 Å². The second kappa shape index (κ2) is 7.70. The lowest BCUT2D eigenvalue weighted by Crippen LogP contribution is -2.05. The first-order valence-corrected chi connectivity index (χ1v) is 9.51. The molecule has 2 aromatic carbocycles. The molecule has 0 aliphatic heterocycles. The Hall–Kier alpha value is -3.15. The molecule has 2 aromatic heterocycles. The van der Waals surface area contributed by atoms with E-state index in [9.17, 15) is 9.90 Å². The lowest BCUT2D eigenvalue weighted by molar-refractivity contribution is 0.0692. The van der Waals surface area contributed by atoms with Crippen LogP contribution in [0.1, 0.15) is 16.1 Å². The number of carbonyl (C=O) groups is 1. The van der Waals surface area contributed by atoms with Crippen molar-refractivity contribution >= 4 is 29.2 Å². The third-order valence-corrected chi connectivity index (χ3v) is 4.95. The maximum absolute atomic E-state index is 12.1. The molecular weight excluding hydrogens is 409 g/mol. The molecule has 0 saturated carbocycles. The van der Waals surface area contributed by atoms with Gasteiger partial charge in [0.2, 0.25) is 0 Å². The fourth-order valence-electron chi connectivity index (χ4n) is 3.20. The van der Waals surface area contributed by atoms with Crippen LogP contribution >= 0.6 is 23.2 Å². The number of aromatic carboxylic acids is 1. The van der Waals surface area contributed by atoms with E-state index in [1.165, 1.54) is 0 Å². The summed E-state index contributed by atoms with van der Waals surface area (Å²) >= 11 is 12.5. The van der Waals surface area contributed by atoms with Crippen molar-refractivity contribution in [2.45, 2.75) is 6.92 Å². The Morgan fingerprint density at radius 3 is 2.48 bits per heavy atom. The van der Waals surface area contributed by atoms with Gasteiger partial charge in [-0.05, 0) is 48.9 Å². The summed E-state index contributed by atoms with van der Waals surface area (Å²) in [4.78, 5) is 20.9. The Morgan fingerprint density at radius 1 is 1.00 bits per heavy atom. The van der Waals surface area contributed by atoms with Gasteiger partial charge in [-0.15, -0.1) is 0 Å². The molecule has 0 radical (unpaired) electrons. The minimum absolute atomic E-state index is 0.0905. The van der Waals surface area contributed by atoms with Crippen LogP contribution in [0.15, 0.2) is 66.9 Å². The van der Waals surface area contributed by atoms with Crippen LogP contribution in [-0.4, -0.2) is 25.6 Å². The van der Waals surface area contributed by atoms with Gasteiger partial charge in [0, 0.05) is 21.8 Å². The molecule has 0 fully saturated rings. The molecule has 1 N–H and O–H groups in total. The number of carboxylic acid groups (broad SMARTS) is 1. The topological polar surface area (TPSA) is 68.0 Å². The van der Waals surface area contributed by atoms with Crippen molar-refractivity contribution in [2.75, 3.05) is 0 Å². The number of carboxylic acids is 1. The predicted molar refractivity (Wildman–Crippen MR) is 114 cm³/mol. The molecule has 29 heavy (non-hydrogen) atoms. The number of aromatic nitrogens is 3. The number of hydrogen-bond acceptors (Lipinski definition) is 3. The summed E-state index contributed by atoms with van der Waals surface area (Å²) in [5, 5.41) is 10.9. The summed E-state index contributed by atoms with van der Waals surface area (Å²) in [6.07, 6.45) is 1.64. The van der Waals surface area contributed by atoms with Gasteiger partial charge >= 0.3 is 5.97 Å². The minimum atomic E-state index is -1.14. The summed E-state index contributed by atoms with van der Waals surface area (Å²) < 4.78 is 1.78. The summed E-state index contributed by atoms with van der Waals surface area (Å²) in [6, 6.07) is 17.9. The Kier molecular flexibility index (Phi) is 5.09. The smallest absolute Gasteiger partial charge is 0.356 e. The van der Waals surface area contributed by atoms with Crippen LogP contribution in [0.2, 0.25) is 10.0 Å². The van der Waals surface area contributed by atoms with E-state index >= 15 is 0 Å². The van der Waals surface area contributed by atoms with Gasteiger partial charge in [-0.25, -0.2) is 9.78 Å².